The Balaban J connectivity index is 1.82. The molecule has 12 heavy (non-hydrogen) atoms. The van der Waals surface area contributed by atoms with E-state index < -0.39 is 0 Å². The number of nitrogens with one attached hydrogen (secondary N) is 2. The summed E-state index contributed by atoms with van der Waals surface area (Å²) < 4.78 is 0. The van der Waals surface area contributed by atoms with E-state index in [4.69, 9.17) is 0 Å². The lowest BCUT2D eigenvalue weighted by molar-refractivity contribution is 0.0613. The summed E-state index contributed by atoms with van der Waals surface area (Å²) in [7, 11) is 0. The molecule has 2 bridgehead atoms. The van der Waals surface area contributed by atoms with Crippen molar-refractivity contribution < 1.29 is 0 Å². The molecule has 1 saturated carbocycles. The lowest BCUT2D eigenvalue weighted by atomic mass is 9.66. The molecule has 0 spiro atoms. The Morgan fingerprint density at radius 3 is 2.83 bits per heavy atom. The molecule has 0 radical (unpaired) electrons. The molecule has 1 aliphatic carbocycles. The van der Waals surface area contributed by atoms with Crippen LogP contribution in [0.2, 0.25) is 0 Å². The van der Waals surface area contributed by atoms with Crippen LogP contribution in [0, 0.1) is 17.8 Å². The summed E-state index contributed by atoms with van der Waals surface area (Å²) in [6, 6.07) is 0.876. The van der Waals surface area contributed by atoms with Crippen molar-refractivity contribution in [1.82, 2.24) is 10.6 Å². The van der Waals surface area contributed by atoms with E-state index >= 15 is 0 Å². The number of fused-ring (bicyclic) bond motifs is 1. The maximum atomic E-state index is 3.67. The average Bonchev–Trinajstić information content (AvgIpc) is 2.17. The summed E-state index contributed by atoms with van der Waals surface area (Å²) in [6.07, 6.45) is 4.36. The van der Waals surface area contributed by atoms with Gasteiger partial charge in [-0.15, -0.1) is 0 Å². The van der Waals surface area contributed by atoms with Gasteiger partial charge in [0.15, 0.2) is 0 Å². The van der Waals surface area contributed by atoms with E-state index in [9.17, 15) is 0 Å². The van der Waals surface area contributed by atoms with Crippen LogP contribution >= 0.6 is 0 Å². The van der Waals surface area contributed by atoms with E-state index in [1.165, 1.54) is 38.9 Å². The van der Waals surface area contributed by atoms with Gasteiger partial charge in [0.05, 0.1) is 0 Å². The Hall–Kier alpha value is -0.0800. The first-order valence-corrected chi connectivity index (χ1v) is 5.37. The molecule has 2 saturated heterocycles. The van der Waals surface area contributed by atoms with Gasteiger partial charge in [0.2, 0.25) is 0 Å². The maximum absolute atomic E-state index is 3.67. The highest BCUT2D eigenvalue weighted by molar-refractivity contribution is 4.96. The second-order valence-electron chi connectivity index (χ2n) is 4.76. The van der Waals surface area contributed by atoms with Gasteiger partial charge in [-0.1, -0.05) is 0 Å². The van der Waals surface area contributed by atoms with Crippen LogP contribution in [0.4, 0.5) is 0 Å². The highest BCUT2D eigenvalue weighted by atomic mass is 15.0. The topological polar surface area (TPSA) is 24.1 Å². The predicted molar refractivity (Wildman–Crippen MR) is 49.0 cm³/mol. The summed E-state index contributed by atoms with van der Waals surface area (Å²) in [5.41, 5.74) is 0. The van der Waals surface area contributed by atoms with Crippen LogP contribution in [0.25, 0.3) is 0 Å². The minimum absolute atomic E-state index is 0.876. The molecule has 2 heteroatoms. The number of rotatable bonds is 0. The monoisotopic (exact) mass is 166 g/mol. The molecule has 0 aromatic heterocycles. The normalized spacial score (nSPS) is 52.0. The Labute approximate surface area is 74.1 Å². The van der Waals surface area contributed by atoms with Crippen LogP contribution in [0.3, 0.4) is 0 Å². The molecule has 4 atom stereocenters. The van der Waals surface area contributed by atoms with Crippen molar-refractivity contribution in [3.63, 3.8) is 0 Å². The van der Waals surface area contributed by atoms with Gasteiger partial charge >= 0.3 is 0 Å². The molecule has 2 nitrogen and oxygen atoms in total. The fourth-order valence-corrected chi connectivity index (χ4v) is 3.43. The minimum atomic E-state index is 0.876. The minimum Gasteiger partial charge on any atom is -0.316 e. The molecular weight excluding hydrogens is 148 g/mol. The van der Waals surface area contributed by atoms with Gasteiger partial charge < -0.3 is 10.6 Å². The fourth-order valence-electron chi connectivity index (χ4n) is 3.43. The van der Waals surface area contributed by atoms with E-state index in [2.05, 4.69) is 10.6 Å². The van der Waals surface area contributed by atoms with Crippen molar-refractivity contribution in [2.75, 3.05) is 19.6 Å². The second kappa shape index (κ2) is 2.71. The number of piperidine rings is 2. The molecule has 2 heterocycles. The summed E-state index contributed by atoms with van der Waals surface area (Å²) in [6.45, 7) is 3.84. The van der Waals surface area contributed by atoms with Crippen LogP contribution in [-0.4, -0.2) is 25.7 Å². The summed E-state index contributed by atoms with van der Waals surface area (Å²) in [5.74, 6) is 3.02. The molecule has 3 aliphatic rings. The third-order valence-electron chi connectivity index (χ3n) is 4.14. The second-order valence-corrected chi connectivity index (χ2v) is 4.76. The first-order valence-electron chi connectivity index (χ1n) is 5.37. The Morgan fingerprint density at radius 1 is 0.917 bits per heavy atom. The van der Waals surface area contributed by atoms with Crippen molar-refractivity contribution in [2.45, 2.75) is 25.3 Å². The van der Waals surface area contributed by atoms with Gasteiger partial charge in [0.1, 0.15) is 0 Å². The van der Waals surface area contributed by atoms with Gasteiger partial charge in [-0.2, -0.15) is 0 Å². The van der Waals surface area contributed by atoms with Gasteiger partial charge in [-0.25, -0.2) is 0 Å². The summed E-state index contributed by atoms with van der Waals surface area (Å²) in [4.78, 5) is 0. The van der Waals surface area contributed by atoms with Crippen molar-refractivity contribution in [1.29, 1.82) is 0 Å². The zero-order chi connectivity index (χ0) is 7.97. The third-order valence-corrected chi connectivity index (χ3v) is 4.14. The van der Waals surface area contributed by atoms with Gasteiger partial charge in [-0.05, 0) is 56.7 Å². The first-order chi connectivity index (χ1) is 5.93. The van der Waals surface area contributed by atoms with Crippen molar-refractivity contribution in [3.05, 3.63) is 0 Å². The van der Waals surface area contributed by atoms with Gasteiger partial charge in [0.25, 0.3) is 0 Å². The lowest BCUT2D eigenvalue weighted by Crippen LogP contribution is -2.57. The SMILES string of the molecule is C1CC2CNCC3CNC1CC23. The van der Waals surface area contributed by atoms with Gasteiger partial charge in [0, 0.05) is 6.04 Å². The van der Waals surface area contributed by atoms with Crippen LogP contribution in [0.15, 0.2) is 0 Å². The first kappa shape index (κ1) is 7.34. The van der Waals surface area contributed by atoms with Crippen molar-refractivity contribution in [2.24, 2.45) is 17.8 Å². The molecular formula is C10H18N2. The molecule has 0 amide bonds. The van der Waals surface area contributed by atoms with Crippen molar-refractivity contribution in [3.8, 4) is 0 Å². The molecule has 3 rings (SSSR count). The highest BCUT2D eigenvalue weighted by Crippen LogP contribution is 2.39. The molecule has 0 aromatic rings. The van der Waals surface area contributed by atoms with Gasteiger partial charge in [-0.3, -0.25) is 0 Å². The van der Waals surface area contributed by atoms with Crippen LogP contribution in [-0.2, 0) is 0 Å². The van der Waals surface area contributed by atoms with Crippen LogP contribution < -0.4 is 10.6 Å². The predicted octanol–water partition coefficient (Wildman–Crippen LogP) is 0.594. The fraction of sp³-hybridized carbons (Fsp3) is 1.00. The number of hydrogen-bond acceptors (Lipinski definition) is 2. The number of hydrogen-bond donors (Lipinski definition) is 2. The molecule has 2 aliphatic heterocycles. The Kier molecular flexibility index (Phi) is 1.66. The molecule has 2 N–H and O–H groups in total. The van der Waals surface area contributed by atoms with E-state index in [0.29, 0.717) is 0 Å². The molecule has 4 unspecified atom stereocenters. The molecule has 0 aromatic carbocycles. The molecule has 68 valence electrons. The smallest absolute Gasteiger partial charge is 0.00701 e. The summed E-state index contributed by atoms with van der Waals surface area (Å²) in [5, 5.41) is 7.24. The highest BCUT2D eigenvalue weighted by Gasteiger charge is 2.40. The molecule has 3 fully saturated rings. The van der Waals surface area contributed by atoms with Crippen molar-refractivity contribution >= 4 is 0 Å². The Bertz CT molecular complexity index is 165. The largest absolute Gasteiger partial charge is 0.316 e. The average molecular weight is 166 g/mol. The van der Waals surface area contributed by atoms with Crippen LogP contribution in [0.5, 0.6) is 0 Å². The quantitative estimate of drug-likeness (QED) is 0.550. The third kappa shape index (κ3) is 1.01. The van der Waals surface area contributed by atoms with E-state index in [1.807, 2.05) is 0 Å². The zero-order valence-electron chi connectivity index (χ0n) is 7.55. The lowest BCUT2D eigenvalue weighted by Gasteiger charge is -2.49. The van der Waals surface area contributed by atoms with E-state index in [0.717, 1.165) is 23.8 Å². The van der Waals surface area contributed by atoms with E-state index in [-0.39, 0.29) is 0 Å². The standard InChI is InChI=1S/C10H18N2/c1-2-9-3-10-7(1)4-11-5-8(10)6-12-9/h7-12H,1-6H2. The Morgan fingerprint density at radius 2 is 1.83 bits per heavy atom. The zero-order valence-corrected chi connectivity index (χ0v) is 7.55. The summed E-state index contributed by atoms with van der Waals surface area (Å²) >= 11 is 0. The van der Waals surface area contributed by atoms with E-state index in [1.54, 1.807) is 0 Å². The van der Waals surface area contributed by atoms with Crippen LogP contribution in [0.1, 0.15) is 19.3 Å². The maximum Gasteiger partial charge on any atom is 0.00701 e.